The fraction of sp³-hybridized carbons (Fsp3) is 0.455. The second-order valence-corrected chi connectivity index (χ2v) is 7.44. The molecule has 3 heterocycles. The van der Waals surface area contributed by atoms with Crippen LogP contribution >= 0.6 is 0 Å². The van der Waals surface area contributed by atoms with Gasteiger partial charge in [0.25, 0.3) is 0 Å². The summed E-state index contributed by atoms with van der Waals surface area (Å²) in [7, 11) is 0. The average molecular weight is 381 g/mol. The van der Waals surface area contributed by atoms with E-state index < -0.39 is 0 Å². The normalized spacial score (nSPS) is 19.0. The molecule has 2 aliphatic rings. The second kappa shape index (κ2) is 8.29. The summed E-state index contributed by atoms with van der Waals surface area (Å²) in [6.07, 6.45) is 5.34. The van der Waals surface area contributed by atoms with Crippen molar-refractivity contribution in [2.75, 3.05) is 26.3 Å². The molecule has 28 heavy (non-hydrogen) atoms. The Balaban J connectivity index is 1.40. The molecule has 2 aliphatic heterocycles. The number of amides is 1. The Kier molecular flexibility index (Phi) is 5.59. The smallest absolute Gasteiger partial charge is 0.246 e. The summed E-state index contributed by atoms with van der Waals surface area (Å²) < 4.78 is 13.1. The van der Waals surface area contributed by atoms with Crippen LogP contribution in [0.3, 0.4) is 0 Å². The van der Waals surface area contributed by atoms with Crippen LogP contribution in [0, 0.1) is 19.8 Å². The maximum Gasteiger partial charge on any atom is 0.246 e. The molecule has 2 aromatic rings. The Morgan fingerprint density at radius 1 is 1.11 bits per heavy atom. The number of aromatic nitrogens is 2. The van der Waals surface area contributed by atoms with Crippen molar-refractivity contribution in [3.05, 3.63) is 53.4 Å². The van der Waals surface area contributed by atoms with Gasteiger partial charge in [-0.3, -0.25) is 4.79 Å². The highest BCUT2D eigenvalue weighted by molar-refractivity contribution is 5.92. The molecule has 6 nitrogen and oxygen atoms in total. The first-order valence-corrected chi connectivity index (χ1v) is 9.95. The van der Waals surface area contributed by atoms with Gasteiger partial charge in [0.2, 0.25) is 5.91 Å². The predicted octanol–water partition coefficient (Wildman–Crippen LogP) is 3.11. The number of aryl methyl sites for hydroxylation is 1. The van der Waals surface area contributed by atoms with Gasteiger partial charge in [-0.15, -0.1) is 0 Å². The van der Waals surface area contributed by atoms with Crippen LogP contribution in [0.4, 0.5) is 0 Å². The van der Waals surface area contributed by atoms with Gasteiger partial charge in [-0.25, -0.2) is 4.68 Å². The third-order valence-electron chi connectivity index (χ3n) is 5.62. The lowest BCUT2D eigenvalue weighted by molar-refractivity contribution is -0.131. The number of ether oxygens (including phenoxy) is 2. The van der Waals surface area contributed by atoms with Crippen molar-refractivity contribution in [2.24, 2.45) is 5.92 Å². The molecule has 4 rings (SSSR count). The minimum Gasteiger partial charge on any atom is -0.350 e. The van der Waals surface area contributed by atoms with E-state index >= 15 is 0 Å². The molecule has 1 amide bonds. The number of benzene rings is 1. The van der Waals surface area contributed by atoms with Gasteiger partial charge in [0.15, 0.2) is 6.29 Å². The van der Waals surface area contributed by atoms with E-state index in [-0.39, 0.29) is 12.2 Å². The number of para-hydroxylation sites is 1. The quantitative estimate of drug-likeness (QED) is 0.764. The number of carbonyl (C=O) groups is 1. The molecule has 2 saturated heterocycles. The molecule has 1 aromatic carbocycles. The molecule has 0 unspecified atom stereocenters. The maximum atomic E-state index is 12.6. The van der Waals surface area contributed by atoms with Gasteiger partial charge in [-0.1, -0.05) is 18.2 Å². The molecule has 0 spiro atoms. The van der Waals surface area contributed by atoms with E-state index in [0.29, 0.717) is 19.1 Å². The molecule has 0 atom stereocenters. The largest absolute Gasteiger partial charge is 0.350 e. The van der Waals surface area contributed by atoms with Crippen molar-refractivity contribution in [3.8, 4) is 5.69 Å². The Hall–Kier alpha value is -2.44. The molecule has 1 aromatic heterocycles. The van der Waals surface area contributed by atoms with E-state index in [4.69, 9.17) is 9.47 Å². The molecule has 2 fully saturated rings. The van der Waals surface area contributed by atoms with Gasteiger partial charge in [0.1, 0.15) is 0 Å². The van der Waals surface area contributed by atoms with Crippen molar-refractivity contribution in [1.82, 2.24) is 14.7 Å². The fourth-order valence-electron chi connectivity index (χ4n) is 4.02. The summed E-state index contributed by atoms with van der Waals surface area (Å²) in [6.45, 7) is 6.87. The first-order valence-electron chi connectivity index (χ1n) is 9.95. The van der Waals surface area contributed by atoms with E-state index in [1.165, 1.54) is 0 Å². The van der Waals surface area contributed by atoms with Gasteiger partial charge in [-0.2, -0.15) is 5.10 Å². The van der Waals surface area contributed by atoms with Crippen LogP contribution < -0.4 is 0 Å². The van der Waals surface area contributed by atoms with Crippen molar-refractivity contribution in [3.63, 3.8) is 0 Å². The SMILES string of the molecule is Cc1nn(-c2ccccc2)c(C)c1/C=C/C(=O)N1CCC(C2OCCO2)CC1. The molecule has 0 N–H and O–H groups in total. The summed E-state index contributed by atoms with van der Waals surface area (Å²) >= 11 is 0. The van der Waals surface area contributed by atoms with Gasteiger partial charge in [0.05, 0.1) is 24.6 Å². The second-order valence-electron chi connectivity index (χ2n) is 7.44. The molecular weight excluding hydrogens is 354 g/mol. The zero-order valence-corrected chi connectivity index (χ0v) is 16.5. The molecule has 6 heteroatoms. The molecule has 0 aliphatic carbocycles. The van der Waals surface area contributed by atoms with Crippen molar-refractivity contribution < 1.29 is 14.3 Å². The van der Waals surface area contributed by atoms with Crippen LogP contribution in [-0.4, -0.2) is 53.2 Å². The maximum absolute atomic E-state index is 12.6. The number of carbonyl (C=O) groups excluding carboxylic acids is 1. The van der Waals surface area contributed by atoms with Crippen LogP contribution in [0.1, 0.15) is 29.8 Å². The number of likely N-dealkylation sites (tertiary alicyclic amines) is 1. The third kappa shape index (κ3) is 3.88. The molecule has 0 bridgehead atoms. The Labute approximate surface area is 165 Å². The summed E-state index contributed by atoms with van der Waals surface area (Å²) in [5.74, 6) is 0.446. The third-order valence-corrected chi connectivity index (χ3v) is 5.62. The number of piperidine rings is 1. The van der Waals surface area contributed by atoms with Gasteiger partial charge < -0.3 is 14.4 Å². The van der Waals surface area contributed by atoms with Gasteiger partial charge in [-0.05, 0) is 44.9 Å². The minimum atomic E-state index is -0.0816. The first-order chi connectivity index (χ1) is 13.6. The molecule has 0 radical (unpaired) electrons. The lowest BCUT2D eigenvalue weighted by atomic mass is 9.96. The Morgan fingerprint density at radius 3 is 2.46 bits per heavy atom. The Morgan fingerprint density at radius 2 is 1.79 bits per heavy atom. The van der Waals surface area contributed by atoms with Gasteiger partial charge in [0, 0.05) is 36.3 Å². The van der Waals surface area contributed by atoms with Crippen LogP contribution in [0.5, 0.6) is 0 Å². The molecule has 0 saturated carbocycles. The van der Waals surface area contributed by atoms with E-state index in [1.807, 2.05) is 59.8 Å². The van der Waals surface area contributed by atoms with E-state index in [0.717, 1.165) is 48.6 Å². The van der Waals surface area contributed by atoms with Crippen molar-refractivity contribution in [2.45, 2.75) is 33.0 Å². The number of nitrogens with zero attached hydrogens (tertiary/aromatic N) is 3. The lowest BCUT2D eigenvalue weighted by Crippen LogP contribution is -2.40. The molecule has 148 valence electrons. The van der Waals surface area contributed by atoms with E-state index in [9.17, 15) is 4.79 Å². The number of hydrogen-bond donors (Lipinski definition) is 0. The van der Waals surface area contributed by atoms with Crippen molar-refractivity contribution >= 4 is 12.0 Å². The highest BCUT2D eigenvalue weighted by atomic mass is 16.7. The topological polar surface area (TPSA) is 56.6 Å². The number of hydrogen-bond acceptors (Lipinski definition) is 4. The lowest BCUT2D eigenvalue weighted by Gasteiger charge is -2.33. The van der Waals surface area contributed by atoms with E-state index in [2.05, 4.69) is 5.10 Å². The monoisotopic (exact) mass is 381 g/mol. The minimum absolute atomic E-state index is 0.0537. The zero-order valence-electron chi connectivity index (χ0n) is 16.5. The highest BCUT2D eigenvalue weighted by Gasteiger charge is 2.31. The first kappa shape index (κ1) is 18.9. The van der Waals surface area contributed by atoms with Crippen LogP contribution in [0.25, 0.3) is 11.8 Å². The number of rotatable bonds is 4. The zero-order chi connectivity index (χ0) is 19.5. The van der Waals surface area contributed by atoms with Crippen LogP contribution in [0.15, 0.2) is 36.4 Å². The summed E-state index contributed by atoms with van der Waals surface area (Å²) in [6, 6.07) is 10.0. The molecular formula is C22H27N3O3. The van der Waals surface area contributed by atoms with Crippen molar-refractivity contribution in [1.29, 1.82) is 0 Å². The summed E-state index contributed by atoms with van der Waals surface area (Å²) in [5.41, 5.74) is 3.97. The van der Waals surface area contributed by atoms with Gasteiger partial charge >= 0.3 is 0 Å². The average Bonchev–Trinajstić information content (AvgIpc) is 3.36. The van der Waals surface area contributed by atoms with Crippen LogP contribution in [-0.2, 0) is 14.3 Å². The van der Waals surface area contributed by atoms with E-state index in [1.54, 1.807) is 6.08 Å². The van der Waals surface area contributed by atoms with Crippen LogP contribution in [0.2, 0.25) is 0 Å². The predicted molar refractivity (Wildman–Crippen MR) is 107 cm³/mol. The standard InChI is InChI=1S/C22H27N3O3/c1-16-20(17(2)25(23-16)19-6-4-3-5-7-19)8-9-21(26)24-12-10-18(11-13-24)22-27-14-15-28-22/h3-9,18,22H,10-15H2,1-2H3/b9-8+. The summed E-state index contributed by atoms with van der Waals surface area (Å²) in [4.78, 5) is 14.6. The highest BCUT2D eigenvalue weighted by Crippen LogP contribution is 2.26. The summed E-state index contributed by atoms with van der Waals surface area (Å²) in [5, 5.41) is 4.64. The Bertz CT molecular complexity index is 845. The fourth-order valence-corrected chi connectivity index (χ4v) is 4.02.